The molecule has 3 N–H and O–H groups in total. The maximum absolute atomic E-state index is 11.7. The summed E-state index contributed by atoms with van der Waals surface area (Å²) in [6.07, 6.45) is -0.177. The fourth-order valence-corrected chi connectivity index (χ4v) is 1.68. The van der Waals surface area contributed by atoms with Gasteiger partial charge < -0.3 is 15.7 Å². The summed E-state index contributed by atoms with van der Waals surface area (Å²) in [7, 11) is 0. The minimum atomic E-state index is -0.985. The van der Waals surface area contributed by atoms with Gasteiger partial charge in [0.25, 0.3) is 0 Å². The van der Waals surface area contributed by atoms with E-state index in [1.54, 1.807) is 38.1 Å². The summed E-state index contributed by atoms with van der Waals surface area (Å²) in [5.41, 5.74) is 0.232. The molecule has 1 aromatic carbocycles. The fraction of sp³-hybridized carbons (Fsp3) is 0.357. The lowest BCUT2D eigenvalue weighted by atomic mass is 10.0. The molecule has 0 atom stereocenters. The predicted octanol–water partition coefficient (Wildman–Crippen LogP) is 2.26. The molecule has 0 aliphatic rings. The van der Waals surface area contributed by atoms with Gasteiger partial charge in [-0.15, -0.1) is 0 Å². The third-order valence-corrected chi connectivity index (χ3v) is 2.59. The number of ketones is 1. The smallest absolute Gasteiger partial charge is 0.319 e. The minimum Gasteiger partial charge on any atom is -0.481 e. The lowest BCUT2D eigenvalue weighted by molar-refractivity contribution is -0.138. The first-order valence-corrected chi connectivity index (χ1v) is 6.11. The van der Waals surface area contributed by atoms with Gasteiger partial charge in [0, 0.05) is 16.8 Å². The second-order valence-electron chi connectivity index (χ2n) is 5.17. The molecule has 0 aromatic heterocycles. The van der Waals surface area contributed by atoms with Crippen molar-refractivity contribution in [2.45, 2.75) is 32.7 Å². The Balaban J connectivity index is 2.62. The molecule has 1 aromatic rings. The largest absolute Gasteiger partial charge is 0.481 e. The lowest BCUT2D eigenvalue weighted by Gasteiger charge is -2.24. The molecule has 0 fully saturated rings. The maximum atomic E-state index is 11.7. The molecule has 0 radical (unpaired) electrons. The highest BCUT2D eigenvalue weighted by molar-refractivity contribution is 5.95. The highest BCUT2D eigenvalue weighted by Crippen LogP contribution is 2.12. The monoisotopic (exact) mass is 278 g/mol. The molecule has 0 bridgehead atoms. The van der Waals surface area contributed by atoms with Crippen molar-refractivity contribution in [2.75, 3.05) is 5.32 Å². The van der Waals surface area contributed by atoms with E-state index in [4.69, 9.17) is 5.11 Å². The molecule has 0 aliphatic carbocycles. The van der Waals surface area contributed by atoms with Gasteiger partial charge in [-0.05, 0) is 45.0 Å². The van der Waals surface area contributed by atoms with Crippen molar-refractivity contribution in [3.8, 4) is 0 Å². The zero-order valence-electron chi connectivity index (χ0n) is 11.7. The molecule has 0 saturated carbocycles. The van der Waals surface area contributed by atoms with Gasteiger partial charge in [0.1, 0.15) is 0 Å². The van der Waals surface area contributed by atoms with Crippen LogP contribution >= 0.6 is 0 Å². The van der Waals surface area contributed by atoms with Crippen LogP contribution in [0.1, 0.15) is 37.6 Å². The first kappa shape index (κ1) is 15.7. The number of benzene rings is 1. The fourth-order valence-electron chi connectivity index (χ4n) is 1.68. The number of urea groups is 1. The van der Waals surface area contributed by atoms with Gasteiger partial charge in [-0.3, -0.25) is 9.59 Å². The number of carboxylic acids is 1. The van der Waals surface area contributed by atoms with Gasteiger partial charge in [-0.2, -0.15) is 0 Å². The molecular formula is C14H18N2O4. The van der Waals surface area contributed by atoms with E-state index >= 15 is 0 Å². The van der Waals surface area contributed by atoms with E-state index in [1.165, 1.54) is 6.92 Å². The topological polar surface area (TPSA) is 95.5 Å². The number of carboxylic acid groups (broad SMARTS) is 1. The van der Waals surface area contributed by atoms with Crippen LogP contribution in [0.4, 0.5) is 10.5 Å². The Morgan fingerprint density at radius 3 is 2.15 bits per heavy atom. The molecule has 2 amide bonds. The zero-order chi connectivity index (χ0) is 15.3. The van der Waals surface area contributed by atoms with E-state index in [9.17, 15) is 14.4 Å². The van der Waals surface area contributed by atoms with Gasteiger partial charge in [0.05, 0.1) is 6.42 Å². The quantitative estimate of drug-likeness (QED) is 0.720. The number of Topliss-reactive ketones (excluding diaryl/α,β-unsaturated/α-hetero) is 1. The normalized spacial score (nSPS) is 10.8. The van der Waals surface area contributed by atoms with Crippen molar-refractivity contribution < 1.29 is 19.5 Å². The van der Waals surface area contributed by atoms with Gasteiger partial charge in [-0.1, -0.05) is 0 Å². The van der Waals surface area contributed by atoms with E-state index in [-0.39, 0.29) is 12.2 Å². The van der Waals surface area contributed by atoms with E-state index in [1.807, 2.05) is 0 Å². The summed E-state index contributed by atoms with van der Waals surface area (Å²) in [5, 5.41) is 13.9. The van der Waals surface area contributed by atoms with Gasteiger partial charge in [0.15, 0.2) is 5.78 Å². The van der Waals surface area contributed by atoms with Gasteiger partial charge in [0.2, 0.25) is 0 Å². The van der Waals surface area contributed by atoms with Crippen molar-refractivity contribution in [1.29, 1.82) is 0 Å². The summed E-state index contributed by atoms with van der Waals surface area (Å²) >= 11 is 0. The molecule has 6 heteroatoms. The second kappa shape index (κ2) is 6.18. The molecule has 0 spiro atoms. The average Bonchev–Trinajstić information content (AvgIpc) is 2.26. The van der Waals surface area contributed by atoms with Crippen LogP contribution in [0.3, 0.4) is 0 Å². The van der Waals surface area contributed by atoms with Crippen LogP contribution in [0.2, 0.25) is 0 Å². The Hall–Kier alpha value is -2.37. The first-order valence-electron chi connectivity index (χ1n) is 6.11. The van der Waals surface area contributed by atoms with E-state index < -0.39 is 17.5 Å². The van der Waals surface area contributed by atoms with Crippen LogP contribution in [0, 0.1) is 0 Å². The SMILES string of the molecule is CC(=O)c1ccc(NC(=O)NC(C)(C)CC(=O)O)cc1. The van der Waals surface area contributed by atoms with Crippen molar-refractivity contribution in [1.82, 2.24) is 5.32 Å². The standard InChI is InChI=1S/C14H18N2O4/c1-9(17)10-4-6-11(7-5-10)15-13(20)16-14(2,3)8-12(18)19/h4-7H,8H2,1-3H3,(H,18,19)(H2,15,16,20). The third-order valence-electron chi connectivity index (χ3n) is 2.59. The molecule has 0 aliphatic heterocycles. The Labute approximate surface area is 117 Å². The van der Waals surface area contributed by atoms with Gasteiger partial charge >= 0.3 is 12.0 Å². The van der Waals surface area contributed by atoms with E-state index in [0.29, 0.717) is 11.3 Å². The number of amides is 2. The number of rotatable bonds is 5. The van der Waals surface area contributed by atoms with Crippen LogP contribution in [0.25, 0.3) is 0 Å². The maximum Gasteiger partial charge on any atom is 0.319 e. The number of carbonyl (C=O) groups is 3. The van der Waals surface area contributed by atoms with Crippen molar-refractivity contribution in [3.63, 3.8) is 0 Å². The van der Waals surface area contributed by atoms with Crippen molar-refractivity contribution in [3.05, 3.63) is 29.8 Å². The Morgan fingerprint density at radius 2 is 1.70 bits per heavy atom. The predicted molar refractivity (Wildman–Crippen MR) is 74.9 cm³/mol. The van der Waals surface area contributed by atoms with Crippen LogP contribution < -0.4 is 10.6 Å². The molecule has 1 rings (SSSR count). The highest BCUT2D eigenvalue weighted by atomic mass is 16.4. The summed E-state index contributed by atoms with van der Waals surface area (Å²) in [6, 6.07) is 5.95. The number of hydrogen-bond acceptors (Lipinski definition) is 3. The summed E-state index contributed by atoms with van der Waals surface area (Å²) in [5.74, 6) is -1.04. The lowest BCUT2D eigenvalue weighted by Crippen LogP contribution is -2.46. The second-order valence-corrected chi connectivity index (χ2v) is 5.17. The average molecular weight is 278 g/mol. The molecule has 0 heterocycles. The molecule has 20 heavy (non-hydrogen) atoms. The number of hydrogen-bond donors (Lipinski definition) is 3. The zero-order valence-corrected chi connectivity index (χ0v) is 11.7. The van der Waals surface area contributed by atoms with Crippen LogP contribution in [-0.4, -0.2) is 28.4 Å². The Kier molecular flexibility index (Phi) is 4.85. The van der Waals surface area contributed by atoms with Crippen LogP contribution in [0.5, 0.6) is 0 Å². The van der Waals surface area contributed by atoms with E-state index in [2.05, 4.69) is 10.6 Å². The molecule has 0 unspecified atom stereocenters. The van der Waals surface area contributed by atoms with E-state index in [0.717, 1.165) is 0 Å². The number of aliphatic carboxylic acids is 1. The molecule has 6 nitrogen and oxygen atoms in total. The Morgan fingerprint density at radius 1 is 1.15 bits per heavy atom. The molecular weight excluding hydrogens is 260 g/mol. The molecule has 0 saturated heterocycles. The molecule has 108 valence electrons. The summed E-state index contributed by atoms with van der Waals surface area (Å²) in [4.78, 5) is 33.5. The van der Waals surface area contributed by atoms with Crippen molar-refractivity contribution >= 4 is 23.5 Å². The van der Waals surface area contributed by atoms with Crippen LogP contribution in [0.15, 0.2) is 24.3 Å². The third kappa shape index (κ3) is 5.09. The number of nitrogens with one attached hydrogen (secondary N) is 2. The van der Waals surface area contributed by atoms with Crippen molar-refractivity contribution in [2.24, 2.45) is 0 Å². The first-order chi connectivity index (χ1) is 9.19. The van der Waals surface area contributed by atoms with Gasteiger partial charge in [-0.25, -0.2) is 4.79 Å². The minimum absolute atomic E-state index is 0.0522. The summed E-state index contributed by atoms with van der Waals surface area (Å²) < 4.78 is 0. The highest BCUT2D eigenvalue weighted by Gasteiger charge is 2.23. The number of carbonyl (C=O) groups excluding carboxylic acids is 2. The number of anilines is 1. The van der Waals surface area contributed by atoms with Crippen LogP contribution in [-0.2, 0) is 4.79 Å². The summed E-state index contributed by atoms with van der Waals surface area (Å²) in [6.45, 7) is 4.71. The Bertz CT molecular complexity index is 520.